The summed E-state index contributed by atoms with van der Waals surface area (Å²) in [6.07, 6.45) is 1.95. The number of phenolic OH excluding ortho intramolecular Hbond substituents is 1. The first-order valence-corrected chi connectivity index (χ1v) is 16.0. The molecule has 4 aromatic carbocycles. The Morgan fingerprint density at radius 3 is 2.27 bits per heavy atom. The number of benzene rings is 4. The highest BCUT2D eigenvalue weighted by Gasteiger charge is 2.48. The van der Waals surface area contributed by atoms with Crippen LogP contribution in [0, 0.1) is 6.92 Å². The van der Waals surface area contributed by atoms with E-state index in [1.165, 1.54) is 12.1 Å². The van der Waals surface area contributed by atoms with Crippen LogP contribution in [0.15, 0.2) is 121 Å². The third-order valence-corrected chi connectivity index (χ3v) is 9.32. The summed E-state index contributed by atoms with van der Waals surface area (Å²) in [5.74, 6) is -0.313. The molecule has 0 radical (unpaired) electrons. The molecule has 48 heavy (non-hydrogen) atoms. The molecule has 1 amide bonds. The minimum Gasteiger partial charge on any atom is -0.508 e. The predicted molar refractivity (Wildman–Crippen MR) is 184 cm³/mol. The highest BCUT2D eigenvalue weighted by Crippen LogP contribution is 2.49. The molecule has 4 heterocycles. The zero-order valence-corrected chi connectivity index (χ0v) is 27.3. The van der Waals surface area contributed by atoms with E-state index < -0.39 is 11.6 Å². The van der Waals surface area contributed by atoms with Crippen LogP contribution in [0.25, 0.3) is 22.6 Å². The van der Waals surface area contributed by atoms with Crippen molar-refractivity contribution in [1.29, 1.82) is 0 Å². The Morgan fingerprint density at radius 1 is 0.875 bits per heavy atom. The lowest BCUT2D eigenvalue weighted by molar-refractivity contribution is -0.121. The zero-order chi connectivity index (χ0) is 33.2. The monoisotopic (exact) mass is 674 g/mol. The molecule has 238 valence electrons. The van der Waals surface area contributed by atoms with E-state index in [4.69, 9.17) is 38.1 Å². The standard InChI is InChI=1S/C37H28Cl2N6O3/c1-21-30-31(27-20-44(24-9-5-3-6-10-24)43-33(27)22-13-15-23(38)16-14-22)32-34(47)40-37(2,28-19-26(46)17-18-29(28)39)41-35(32)48-36(30)45(42-21)25-11-7-4-8-12-25/h3-20,31,41,46H,1-2H3,(H,40,47). The predicted octanol–water partition coefficient (Wildman–Crippen LogP) is 7.37. The van der Waals surface area contributed by atoms with Gasteiger partial charge in [-0.2, -0.15) is 10.2 Å². The summed E-state index contributed by atoms with van der Waals surface area (Å²) in [4.78, 5) is 14.5. The Kier molecular flexibility index (Phi) is 7.05. The van der Waals surface area contributed by atoms with Gasteiger partial charge < -0.3 is 20.5 Å². The van der Waals surface area contributed by atoms with E-state index in [2.05, 4.69) is 10.6 Å². The molecule has 0 aliphatic carbocycles. The number of aromatic nitrogens is 4. The van der Waals surface area contributed by atoms with Gasteiger partial charge >= 0.3 is 0 Å². The third-order valence-electron chi connectivity index (χ3n) is 8.74. The van der Waals surface area contributed by atoms with E-state index in [0.717, 1.165) is 28.1 Å². The van der Waals surface area contributed by atoms with Crippen LogP contribution >= 0.6 is 23.2 Å². The van der Waals surface area contributed by atoms with Crippen LogP contribution in [-0.2, 0) is 10.5 Å². The number of aryl methyl sites for hydroxylation is 1. The Labute approximate surface area is 286 Å². The molecular weight excluding hydrogens is 647 g/mol. The quantitative estimate of drug-likeness (QED) is 0.176. The first-order chi connectivity index (χ1) is 23.2. The number of hydrogen-bond donors (Lipinski definition) is 3. The van der Waals surface area contributed by atoms with Gasteiger partial charge in [-0.05, 0) is 68.4 Å². The Hall–Kier alpha value is -5.51. The summed E-state index contributed by atoms with van der Waals surface area (Å²) < 4.78 is 10.2. The molecule has 11 heteroatoms. The van der Waals surface area contributed by atoms with Crippen LogP contribution in [0.1, 0.15) is 35.2 Å². The average molecular weight is 676 g/mol. The number of hydrogen-bond acceptors (Lipinski definition) is 6. The molecule has 0 bridgehead atoms. The van der Waals surface area contributed by atoms with Crippen molar-refractivity contribution >= 4 is 29.1 Å². The SMILES string of the molecule is Cc1nn(-c2ccccc2)c2c1C(c1cn(-c3ccccc3)nc1-c1ccc(Cl)cc1)C1=C(NC(C)(c3cc(O)ccc3Cl)NC1=O)O2. The molecule has 8 rings (SSSR count). The normalized spacial score (nSPS) is 18.4. The number of carbonyl (C=O) groups excluding carboxylic acids is 1. The van der Waals surface area contributed by atoms with E-state index in [1.54, 1.807) is 17.7 Å². The summed E-state index contributed by atoms with van der Waals surface area (Å²) in [6.45, 7) is 3.68. The van der Waals surface area contributed by atoms with Crippen molar-refractivity contribution < 1.29 is 14.6 Å². The first-order valence-electron chi connectivity index (χ1n) is 15.3. The molecule has 3 N–H and O–H groups in total. The minimum absolute atomic E-state index is 0.00915. The van der Waals surface area contributed by atoms with E-state index in [-0.39, 0.29) is 17.5 Å². The van der Waals surface area contributed by atoms with Crippen molar-refractivity contribution in [2.24, 2.45) is 0 Å². The van der Waals surface area contributed by atoms with Crippen LogP contribution in [0.4, 0.5) is 0 Å². The molecule has 2 aromatic heterocycles. The van der Waals surface area contributed by atoms with Gasteiger partial charge in [-0.15, -0.1) is 0 Å². The largest absolute Gasteiger partial charge is 0.508 e. The van der Waals surface area contributed by atoms with E-state index >= 15 is 0 Å². The number of rotatable bonds is 5. The molecular formula is C37H28Cl2N6O3. The van der Waals surface area contributed by atoms with Gasteiger partial charge in [-0.3, -0.25) is 4.79 Å². The second kappa shape index (κ2) is 11.3. The molecule has 0 saturated heterocycles. The summed E-state index contributed by atoms with van der Waals surface area (Å²) >= 11 is 12.9. The van der Waals surface area contributed by atoms with Crippen molar-refractivity contribution in [3.8, 4) is 34.3 Å². The smallest absolute Gasteiger partial charge is 0.255 e. The van der Waals surface area contributed by atoms with Gasteiger partial charge in [0.25, 0.3) is 5.91 Å². The number of nitrogens with zero attached hydrogens (tertiary/aromatic N) is 4. The Morgan fingerprint density at radius 2 is 1.56 bits per heavy atom. The number of halogens is 2. The van der Waals surface area contributed by atoms with Gasteiger partial charge in [-0.1, -0.05) is 71.7 Å². The molecule has 9 nitrogen and oxygen atoms in total. The topological polar surface area (TPSA) is 106 Å². The van der Waals surface area contributed by atoms with Gasteiger partial charge in [0.2, 0.25) is 11.8 Å². The number of carbonyl (C=O) groups is 1. The molecule has 2 aliphatic heterocycles. The van der Waals surface area contributed by atoms with E-state index in [0.29, 0.717) is 38.4 Å². The van der Waals surface area contributed by atoms with Crippen LogP contribution in [-0.4, -0.2) is 30.6 Å². The van der Waals surface area contributed by atoms with Crippen molar-refractivity contribution in [3.63, 3.8) is 0 Å². The third kappa shape index (κ3) is 4.90. The molecule has 6 aromatic rings. The lowest BCUT2D eigenvalue weighted by Gasteiger charge is -2.42. The van der Waals surface area contributed by atoms with Gasteiger partial charge in [-0.25, -0.2) is 9.36 Å². The fourth-order valence-electron chi connectivity index (χ4n) is 6.49. The van der Waals surface area contributed by atoms with Crippen LogP contribution in [0.2, 0.25) is 10.0 Å². The van der Waals surface area contributed by atoms with Crippen molar-refractivity contribution in [1.82, 2.24) is 30.2 Å². The second-order valence-corrected chi connectivity index (χ2v) is 12.8. The molecule has 2 atom stereocenters. The Bertz CT molecular complexity index is 2250. The molecule has 2 unspecified atom stereocenters. The van der Waals surface area contributed by atoms with E-state index in [1.807, 2.05) is 103 Å². The molecule has 0 spiro atoms. The van der Waals surface area contributed by atoms with Gasteiger partial charge in [0, 0.05) is 32.9 Å². The summed E-state index contributed by atoms with van der Waals surface area (Å²) in [7, 11) is 0. The number of ether oxygens (including phenoxy) is 1. The maximum Gasteiger partial charge on any atom is 0.255 e. The van der Waals surface area contributed by atoms with E-state index in [9.17, 15) is 9.90 Å². The number of aromatic hydroxyl groups is 1. The summed E-state index contributed by atoms with van der Waals surface area (Å²) in [6, 6.07) is 31.6. The fraction of sp³-hybridized carbons (Fsp3) is 0.108. The maximum absolute atomic E-state index is 14.5. The van der Waals surface area contributed by atoms with Gasteiger partial charge in [0.05, 0.1) is 39.8 Å². The van der Waals surface area contributed by atoms with Crippen LogP contribution in [0.5, 0.6) is 11.6 Å². The average Bonchev–Trinajstić information content (AvgIpc) is 3.67. The van der Waals surface area contributed by atoms with Gasteiger partial charge in [0.15, 0.2) is 0 Å². The maximum atomic E-state index is 14.5. The fourth-order valence-corrected chi connectivity index (χ4v) is 6.92. The van der Waals surface area contributed by atoms with Gasteiger partial charge in [0.1, 0.15) is 11.4 Å². The highest BCUT2D eigenvalue weighted by molar-refractivity contribution is 6.31. The second-order valence-electron chi connectivity index (χ2n) is 11.9. The lowest BCUT2D eigenvalue weighted by Crippen LogP contribution is -2.60. The summed E-state index contributed by atoms with van der Waals surface area (Å²) in [5, 5.41) is 27.8. The van der Waals surface area contributed by atoms with Crippen molar-refractivity contribution in [2.45, 2.75) is 25.4 Å². The van der Waals surface area contributed by atoms with Crippen molar-refractivity contribution in [3.05, 3.63) is 153 Å². The Balaban J connectivity index is 1.39. The summed E-state index contributed by atoms with van der Waals surface area (Å²) in [5.41, 5.74) is 4.94. The number of fused-ring (bicyclic) bond motifs is 1. The lowest BCUT2D eigenvalue weighted by atomic mass is 9.81. The van der Waals surface area contributed by atoms with Crippen LogP contribution < -0.4 is 15.4 Å². The number of nitrogens with one attached hydrogen (secondary N) is 2. The molecule has 0 saturated carbocycles. The number of amides is 1. The first kappa shape index (κ1) is 29.9. The van der Waals surface area contributed by atoms with Crippen LogP contribution in [0.3, 0.4) is 0 Å². The van der Waals surface area contributed by atoms with Crippen molar-refractivity contribution in [2.75, 3.05) is 0 Å². The highest BCUT2D eigenvalue weighted by atomic mass is 35.5. The minimum atomic E-state index is -1.23. The molecule has 2 aliphatic rings. The molecule has 0 fully saturated rings. The number of phenols is 1. The zero-order valence-electron chi connectivity index (χ0n) is 25.8. The number of para-hydroxylation sites is 2.